The van der Waals surface area contributed by atoms with Crippen LogP contribution in [-0.2, 0) is 9.84 Å². The summed E-state index contributed by atoms with van der Waals surface area (Å²) in [5.74, 6) is 0.712. The maximum atomic E-state index is 11.4. The highest BCUT2D eigenvalue weighted by molar-refractivity contribution is 7.91. The SMILES string of the molecule is CCS(=O)(=O)CC(C)NCC(C)(O)CC(C)C. The van der Waals surface area contributed by atoms with Gasteiger partial charge in [0.25, 0.3) is 0 Å². The molecule has 0 fully saturated rings. The van der Waals surface area contributed by atoms with Gasteiger partial charge < -0.3 is 10.4 Å². The number of rotatable bonds is 8. The molecule has 17 heavy (non-hydrogen) atoms. The van der Waals surface area contributed by atoms with Crippen LogP contribution in [0.4, 0.5) is 0 Å². The Morgan fingerprint density at radius 2 is 1.82 bits per heavy atom. The number of aliphatic hydroxyl groups is 1. The van der Waals surface area contributed by atoms with Crippen LogP contribution in [0.3, 0.4) is 0 Å². The standard InChI is InChI=1S/C12H27NO3S/c1-6-17(15,16)8-11(4)13-9-12(5,14)7-10(2)3/h10-11,13-14H,6-9H2,1-5H3. The Bertz CT molecular complexity index is 310. The fourth-order valence-electron chi connectivity index (χ4n) is 1.90. The zero-order valence-electron chi connectivity index (χ0n) is 11.7. The van der Waals surface area contributed by atoms with Crippen molar-refractivity contribution in [2.45, 2.75) is 52.7 Å². The van der Waals surface area contributed by atoms with E-state index in [1.165, 1.54) is 0 Å². The highest BCUT2D eigenvalue weighted by atomic mass is 32.2. The van der Waals surface area contributed by atoms with Crippen LogP contribution in [0.25, 0.3) is 0 Å². The summed E-state index contributed by atoms with van der Waals surface area (Å²) in [4.78, 5) is 0. The third-order valence-electron chi connectivity index (χ3n) is 2.62. The van der Waals surface area contributed by atoms with E-state index >= 15 is 0 Å². The number of hydrogen-bond donors (Lipinski definition) is 2. The normalized spacial score (nSPS) is 18.1. The van der Waals surface area contributed by atoms with Crippen molar-refractivity contribution in [1.82, 2.24) is 5.32 Å². The Kier molecular flexibility index (Phi) is 6.66. The number of nitrogens with one attached hydrogen (secondary N) is 1. The quantitative estimate of drug-likeness (QED) is 0.692. The van der Waals surface area contributed by atoms with Gasteiger partial charge in [0, 0.05) is 18.3 Å². The highest BCUT2D eigenvalue weighted by Gasteiger charge is 2.23. The zero-order chi connectivity index (χ0) is 13.7. The van der Waals surface area contributed by atoms with Gasteiger partial charge in [0.15, 0.2) is 9.84 Å². The fourth-order valence-corrected chi connectivity index (χ4v) is 3.02. The molecule has 0 aliphatic rings. The Hall–Kier alpha value is -0.130. The smallest absolute Gasteiger partial charge is 0.151 e. The van der Waals surface area contributed by atoms with Crippen LogP contribution < -0.4 is 5.32 Å². The van der Waals surface area contributed by atoms with Gasteiger partial charge in [0.05, 0.1) is 11.4 Å². The molecule has 0 bridgehead atoms. The van der Waals surface area contributed by atoms with Gasteiger partial charge in [0.1, 0.15) is 0 Å². The maximum Gasteiger partial charge on any atom is 0.151 e. The van der Waals surface area contributed by atoms with Crippen LogP contribution >= 0.6 is 0 Å². The van der Waals surface area contributed by atoms with Crippen LogP contribution in [0.2, 0.25) is 0 Å². The lowest BCUT2D eigenvalue weighted by Gasteiger charge is -2.27. The first-order chi connectivity index (χ1) is 7.58. The molecule has 0 rings (SSSR count). The average molecular weight is 265 g/mol. The summed E-state index contributed by atoms with van der Waals surface area (Å²) < 4.78 is 22.8. The largest absolute Gasteiger partial charge is 0.389 e. The Morgan fingerprint density at radius 1 is 1.29 bits per heavy atom. The number of sulfone groups is 1. The van der Waals surface area contributed by atoms with E-state index in [1.54, 1.807) is 13.8 Å². The molecule has 0 heterocycles. The molecule has 2 unspecified atom stereocenters. The molecule has 0 radical (unpaired) electrons. The molecular formula is C12H27NO3S. The lowest BCUT2D eigenvalue weighted by atomic mass is 9.94. The van der Waals surface area contributed by atoms with Gasteiger partial charge in [-0.1, -0.05) is 20.8 Å². The molecule has 4 nitrogen and oxygen atoms in total. The molecule has 2 N–H and O–H groups in total. The van der Waals surface area contributed by atoms with E-state index in [0.717, 1.165) is 0 Å². The van der Waals surface area contributed by atoms with E-state index in [-0.39, 0.29) is 17.5 Å². The predicted molar refractivity (Wildman–Crippen MR) is 71.9 cm³/mol. The third kappa shape index (κ3) is 8.57. The monoisotopic (exact) mass is 265 g/mol. The van der Waals surface area contributed by atoms with Crippen molar-refractivity contribution in [2.75, 3.05) is 18.1 Å². The van der Waals surface area contributed by atoms with Gasteiger partial charge in [-0.05, 0) is 26.2 Å². The molecule has 0 aromatic heterocycles. The molecule has 104 valence electrons. The third-order valence-corrected chi connectivity index (χ3v) is 4.51. The minimum atomic E-state index is -2.95. The first kappa shape index (κ1) is 16.9. The fraction of sp³-hybridized carbons (Fsp3) is 1.00. The lowest BCUT2D eigenvalue weighted by molar-refractivity contribution is 0.0369. The van der Waals surface area contributed by atoms with Crippen molar-refractivity contribution >= 4 is 9.84 Å². The van der Waals surface area contributed by atoms with Crippen LogP contribution in [0.15, 0.2) is 0 Å². The van der Waals surface area contributed by atoms with E-state index in [0.29, 0.717) is 18.9 Å². The summed E-state index contributed by atoms with van der Waals surface area (Å²) >= 11 is 0. The minimum absolute atomic E-state index is 0.126. The first-order valence-corrected chi connectivity index (χ1v) is 8.06. The molecule has 0 aromatic rings. The van der Waals surface area contributed by atoms with Crippen LogP contribution in [0.5, 0.6) is 0 Å². The van der Waals surface area contributed by atoms with E-state index < -0.39 is 15.4 Å². The average Bonchev–Trinajstić information content (AvgIpc) is 2.12. The second-order valence-electron chi connectivity index (χ2n) is 5.58. The summed E-state index contributed by atoms with van der Waals surface area (Å²) in [7, 11) is -2.95. The topological polar surface area (TPSA) is 66.4 Å². The Labute approximate surface area is 106 Å². The summed E-state index contributed by atoms with van der Waals surface area (Å²) in [6.07, 6.45) is 0.702. The van der Waals surface area contributed by atoms with Crippen molar-refractivity contribution in [3.8, 4) is 0 Å². The van der Waals surface area contributed by atoms with Gasteiger partial charge in [-0.2, -0.15) is 0 Å². The van der Waals surface area contributed by atoms with E-state index in [2.05, 4.69) is 19.2 Å². The van der Waals surface area contributed by atoms with Crippen molar-refractivity contribution in [3.05, 3.63) is 0 Å². The highest BCUT2D eigenvalue weighted by Crippen LogP contribution is 2.15. The Balaban J connectivity index is 4.11. The Morgan fingerprint density at radius 3 is 2.24 bits per heavy atom. The molecule has 0 spiro atoms. The summed E-state index contributed by atoms with van der Waals surface area (Å²) in [6, 6.07) is -0.126. The van der Waals surface area contributed by atoms with Gasteiger partial charge in [-0.15, -0.1) is 0 Å². The zero-order valence-corrected chi connectivity index (χ0v) is 12.5. The summed E-state index contributed by atoms with van der Waals surface area (Å²) in [5, 5.41) is 13.2. The number of hydrogen-bond acceptors (Lipinski definition) is 4. The summed E-state index contributed by atoms with van der Waals surface area (Å²) in [6.45, 7) is 9.79. The molecule has 0 aromatic carbocycles. The van der Waals surface area contributed by atoms with Gasteiger partial charge in [-0.3, -0.25) is 0 Å². The molecule has 0 saturated heterocycles. The molecule has 2 atom stereocenters. The molecule has 0 aliphatic heterocycles. The molecule has 0 aliphatic carbocycles. The second-order valence-corrected chi connectivity index (χ2v) is 7.97. The van der Waals surface area contributed by atoms with E-state index in [4.69, 9.17) is 0 Å². The van der Waals surface area contributed by atoms with E-state index in [9.17, 15) is 13.5 Å². The van der Waals surface area contributed by atoms with E-state index in [1.807, 2.05) is 6.92 Å². The molecule has 5 heteroatoms. The van der Waals surface area contributed by atoms with Gasteiger partial charge in [-0.25, -0.2) is 8.42 Å². The predicted octanol–water partition coefficient (Wildman–Crippen LogP) is 1.20. The van der Waals surface area contributed by atoms with Crippen molar-refractivity contribution < 1.29 is 13.5 Å². The van der Waals surface area contributed by atoms with Gasteiger partial charge >= 0.3 is 0 Å². The van der Waals surface area contributed by atoms with Crippen LogP contribution in [0, 0.1) is 5.92 Å². The maximum absolute atomic E-state index is 11.4. The first-order valence-electron chi connectivity index (χ1n) is 6.24. The minimum Gasteiger partial charge on any atom is -0.389 e. The summed E-state index contributed by atoms with van der Waals surface area (Å²) in [5.41, 5.74) is -0.779. The molecular weight excluding hydrogens is 238 g/mol. The molecule has 0 amide bonds. The van der Waals surface area contributed by atoms with Crippen molar-refractivity contribution in [2.24, 2.45) is 5.92 Å². The lowest BCUT2D eigenvalue weighted by Crippen LogP contribution is -2.44. The van der Waals surface area contributed by atoms with Crippen molar-refractivity contribution in [1.29, 1.82) is 0 Å². The van der Waals surface area contributed by atoms with Gasteiger partial charge in [0.2, 0.25) is 0 Å². The van der Waals surface area contributed by atoms with Crippen LogP contribution in [-0.4, -0.2) is 43.2 Å². The van der Waals surface area contributed by atoms with Crippen molar-refractivity contribution in [3.63, 3.8) is 0 Å². The second kappa shape index (κ2) is 6.71. The van der Waals surface area contributed by atoms with Crippen LogP contribution in [0.1, 0.15) is 41.0 Å². The molecule has 0 saturated carbocycles.